The number of nitrogens with zero attached hydrogens (tertiary/aromatic N) is 2. The van der Waals surface area contributed by atoms with Crippen molar-refractivity contribution in [3.63, 3.8) is 0 Å². The van der Waals surface area contributed by atoms with Gasteiger partial charge in [-0.2, -0.15) is 4.99 Å². The van der Waals surface area contributed by atoms with Crippen molar-refractivity contribution < 1.29 is 10.2 Å². The van der Waals surface area contributed by atoms with Crippen LogP contribution in [0.4, 0.5) is 5.69 Å². The van der Waals surface area contributed by atoms with Gasteiger partial charge in [0.2, 0.25) is 5.88 Å². The average Bonchev–Trinajstić information content (AvgIpc) is 2.32. The lowest BCUT2D eigenvalue weighted by molar-refractivity contribution is 0.208. The van der Waals surface area contributed by atoms with Gasteiger partial charge in [-0.05, 0) is 19.1 Å². The van der Waals surface area contributed by atoms with Gasteiger partial charge >= 0.3 is 0 Å². The normalized spacial score (nSPS) is 20.2. The molecule has 1 aliphatic heterocycles. The predicted molar refractivity (Wildman–Crippen MR) is 76.7 cm³/mol. The second-order valence-electron chi connectivity index (χ2n) is 3.74. The molecule has 1 atom stereocenters. The summed E-state index contributed by atoms with van der Waals surface area (Å²) in [6, 6.07) is 5.02. The summed E-state index contributed by atoms with van der Waals surface area (Å²) >= 11 is 16.1. The molecule has 0 amide bonds. The molecule has 7 heteroatoms. The molecular weight excluding hydrogens is 295 g/mol. The molecule has 0 saturated heterocycles. The van der Waals surface area contributed by atoms with E-state index in [1.54, 1.807) is 25.1 Å². The Hall–Kier alpha value is -0.880. The van der Waals surface area contributed by atoms with Crippen LogP contribution in [-0.2, 0) is 0 Å². The number of amidine groups is 1. The third-order valence-corrected chi connectivity index (χ3v) is 3.72. The van der Waals surface area contributed by atoms with Crippen LogP contribution < -0.4 is 4.90 Å². The minimum Gasteiger partial charge on any atom is -0.493 e. The molecule has 1 aliphatic rings. The molecule has 2 rings (SSSR count). The van der Waals surface area contributed by atoms with E-state index < -0.39 is 6.23 Å². The van der Waals surface area contributed by atoms with Crippen LogP contribution in [0.1, 0.15) is 6.92 Å². The fraction of sp³-hybridized carbons (Fsp3) is 0.182. The van der Waals surface area contributed by atoms with E-state index in [4.69, 9.17) is 23.2 Å². The maximum absolute atomic E-state index is 10.1. The van der Waals surface area contributed by atoms with Crippen molar-refractivity contribution in [3.8, 4) is 0 Å². The molecule has 1 heterocycles. The second-order valence-corrected chi connectivity index (χ2v) is 4.92. The summed E-state index contributed by atoms with van der Waals surface area (Å²) in [4.78, 5) is 5.20. The van der Waals surface area contributed by atoms with Crippen LogP contribution in [0.3, 0.4) is 0 Å². The largest absolute Gasteiger partial charge is 0.493 e. The Bertz CT molecular complexity index is 560. The van der Waals surface area contributed by atoms with Gasteiger partial charge in [-0.1, -0.05) is 29.3 Å². The van der Waals surface area contributed by atoms with Crippen molar-refractivity contribution in [1.82, 2.24) is 0 Å². The lowest BCUT2D eigenvalue weighted by Gasteiger charge is -2.32. The highest BCUT2D eigenvalue weighted by atomic mass is 35.5. The number of rotatable bonds is 1. The summed E-state index contributed by atoms with van der Waals surface area (Å²) in [6.45, 7) is 1.56. The minimum absolute atomic E-state index is 0.134. The maximum atomic E-state index is 10.1. The zero-order valence-electron chi connectivity index (χ0n) is 9.30. The van der Waals surface area contributed by atoms with Crippen LogP contribution in [0.25, 0.3) is 0 Å². The highest BCUT2D eigenvalue weighted by Gasteiger charge is 2.29. The quantitative estimate of drug-likeness (QED) is 0.698. The first-order valence-electron chi connectivity index (χ1n) is 5.02. The number of aliphatic hydroxyl groups excluding tert-OH is 2. The molecule has 0 spiro atoms. The molecule has 0 aliphatic carbocycles. The lowest BCUT2D eigenvalue weighted by Crippen LogP contribution is -2.42. The fourth-order valence-corrected chi connectivity index (χ4v) is 2.27. The topological polar surface area (TPSA) is 56.1 Å². The number of benzene rings is 1. The molecule has 0 fully saturated rings. The average molecular weight is 305 g/mol. The van der Waals surface area contributed by atoms with E-state index in [1.165, 1.54) is 4.90 Å². The lowest BCUT2D eigenvalue weighted by atomic mass is 10.2. The van der Waals surface area contributed by atoms with Gasteiger partial charge in [-0.15, -0.1) is 12.6 Å². The number of halogens is 2. The van der Waals surface area contributed by atoms with Crippen LogP contribution >= 0.6 is 35.8 Å². The molecule has 2 N–H and O–H groups in total. The van der Waals surface area contributed by atoms with Gasteiger partial charge in [-0.25, -0.2) is 0 Å². The number of aliphatic imine (C=N–C) groups is 1. The third kappa shape index (κ3) is 2.19. The molecule has 96 valence electrons. The Labute approximate surface area is 120 Å². The molecule has 0 saturated carbocycles. The first-order chi connectivity index (χ1) is 8.43. The number of hydrogen-bond donors (Lipinski definition) is 3. The van der Waals surface area contributed by atoms with Crippen LogP contribution in [-0.4, -0.2) is 21.6 Å². The molecule has 1 aromatic carbocycles. The van der Waals surface area contributed by atoms with Crippen molar-refractivity contribution >= 4 is 46.7 Å². The molecule has 0 radical (unpaired) electrons. The van der Waals surface area contributed by atoms with Crippen LogP contribution in [0.2, 0.25) is 10.0 Å². The maximum Gasteiger partial charge on any atom is 0.216 e. The number of anilines is 1. The Morgan fingerprint density at radius 3 is 2.72 bits per heavy atom. The van der Waals surface area contributed by atoms with Gasteiger partial charge in [0.1, 0.15) is 0 Å². The van der Waals surface area contributed by atoms with Crippen molar-refractivity contribution in [2.45, 2.75) is 13.2 Å². The monoisotopic (exact) mass is 304 g/mol. The summed E-state index contributed by atoms with van der Waals surface area (Å²) in [5, 5.41) is 20.4. The van der Waals surface area contributed by atoms with E-state index in [0.717, 1.165) is 0 Å². The highest BCUT2D eigenvalue weighted by molar-refractivity contribution is 7.97. The Morgan fingerprint density at radius 1 is 1.39 bits per heavy atom. The van der Waals surface area contributed by atoms with E-state index in [0.29, 0.717) is 16.3 Å². The van der Waals surface area contributed by atoms with Gasteiger partial charge in [0.25, 0.3) is 0 Å². The van der Waals surface area contributed by atoms with Crippen molar-refractivity contribution in [3.05, 3.63) is 39.7 Å². The van der Waals surface area contributed by atoms with Gasteiger partial charge in [0, 0.05) is 5.57 Å². The summed E-state index contributed by atoms with van der Waals surface area (Å²) in [5.41, 5.74) is 0.779. The SMILES string of the molecule is CC1=C(O)N=C(S)N(c2cccc(Cl)c2Cl)C1O. The van der Waals surface area contributed by atoms with Crippen molar-refractivity contribution in [2.24, 2.45) is 4.99 Å². The van der Waals surface area contributed by atoms with E-state index in [-0.39, 0.29) is 16.1 Å². The van der Waals surface area contributed by atoms with Gasteiger partial charge in [-0.3, -0.25) is 4.90 Å². The van der Waals surface area contributed by atoms with E-state index in [1.807, 2.05) is 0 Å². The summed E-state index contributed by atoms with van der Waals surface area (Å²) < 4.78 is 0. The van der Waals surface area contributed by atoms with Crippen LogP contribution in [0.5, 0.6) is 0 Å². The van der Waals surface area contributed by atoms with Crippen molar-refractivity contribution in [2.75, 3.05) is 4.90 Å². The Kier molecular flexibility index (Phi) is 3.77. The Balaban J connectivity index is 2.53. The van der Waals surface area contributed by atoms with Gasteiger partial charge in [0.15, 0.2) is 11.4 Å². The first-order valence-corrected chi connectivity index (χ1v) is 6.22. The standard InChI is InChI=1S/C11H10Cl2N2O2S/c1-5-9(16)14-11(18)15(10(5)17)7-4-2-3-6(12)8(7)13/h2-4,10,16-17H,1H3,(H,14,18). The minimum atomic E-state index is -1.09. The number of thiol groups is 1. The number of hydrogen-bond acceptors (Lipinski definition) is 4. The van der Waals surface area contributed by atoms with E-state index in [9.17, 15) is 10.2 Å². The summed E-state index contributed by atoms with van der Waals surface area (Å²) in [7, 11) is 0. The summed E-state index contributed by atoms with van der Waals surface area (Å²) in [6.07, 6.45) is -1.09. The van der Waals surface area contributed by atoms with Crippen LogP contribution in [0, 0.1) is 0 Å². The zero-order valence-corrected chi connectivity index (χ0v) is 11.7. The van der Waals surface area contributed by atoms with E-state index in [2.05, 4.69) is 17.6 Å². The van der Waals surface area contributed by atoms with Crippen LogP contribution in [0.15, 0.2) is 34.6 Å². The molecule has 1 aromatic rings. The predicted octanol–water partition coefficient (Wildman–Crippen LogP) is 3.21. The molecule has 0 aromatic heterocycles. The fourth-order valence-electron chi connectivity index (χ4n) is 1.57. The first kappa shape index (κ1) is 13.5. The number of aliphatic hydroxyl groups is 2. The molecule has 4 nitrogen and oxygen atoms in total. The molecular formula is C11H10Cl2N2O2S. The smallest absolute Gasteiger partial charge is 0.216 e. The van der Waals surface area contributed by atoms with Gasteiger partial charge < -0.3 is 10.2 Å². The molecule has 0 bridgehead atoms. The Morgan fingerprint density at radius 2 is 2.06 bits per heavy atom. The van der Waals surface area contributed by atoms with Gasteiger partial charge in [0.05, 0.1) is 15.7 Å². The zero-order chi connectivity index (χ0) is 13.4. The highest BCUT2D eigenvalue weighted by Crippen LogP contribution is 2.36. The van der Waals surface area contributed by atoms with Crippen molar-refractivity contribution in [1.29, 1.82) is 0 Å². The summed E-state index contributed by atoms with van der Waals surface area (Å²) in [5.74, 6) is -0.248. The van der Waals surface area contributed by atoms with E-state index >= 15 is 0 Å². The second kappa shape index (κ2) is 5.01. The molecule has 18 heavy (non-hydrogen) atoms. The third-order valence-electron chi connectivity index (χ3n) is 2.60. The molecule has 1 unspecified atom stereocenters.